The molecule has 5 rings (SSSR count). The zero-order chi connectivity index (χ0) is 16.5. The first kappa shape index (κ1) is 15.8. The van der Waals surface area contributed by atoms with Gasteiger partial charge in [-0.15, -0.1) is 11.3 Å². The number of fused-ring (bicyclic) bond motifs is 2. The van der Waals surface area contributed by atoms with Crippen LogP contribution in [0.5, 0.6) is 0 Å². The predicted molar refractivity (Wildman–Crippen MR) is 98.5 cm³/mol. The Morgan fingerprint density at radius 3 is 2.88 bits per heavy atom. The third-order valence-corrected chi connectivity index (χ3v) is 8.60. The van der Waals surface area contributed by atoms with E-state index in [2.05, 4.69) is 24.8 Å². The van der Waals surface area contributed by atoms with E-state index in [9.17, 15) is 0 Å². The molecule has 2 aliphatic carbocycles. The molecule has 2 aliphatic heterocycles. The molecule has 0 bridgehead atoms. The second-order valence-electron chi connectivity index (χ2n) is 8.79. The largest absolute Gasteiger partial charge is 0.370 e. The van der Waals surface area contributed by atoms with Crippen molar-refractivity contribution in [2.75, 3.05) is 13.2 Å². The van der Waals surface area contributed by atoms with Gasteiger partial charge in [-0.05, 0) is 62.5 Å². The third-order valence-electron chi connectivity index (χ3n) is 7.26. The molecule has 1 aromatic heterocycles. The van der Waals surface area contributed by atoms with E-state index in [1.54, 1.807) is 10.4 Å². The molecule has 0 radical (unpaired) electrons. The van der Waals surface area contributed by atoms with Crippen LogP contribution in [-0.2, 0) is 23.2 Å². The number of nitrogens with zero attached hydrogens (tertiary/aromatic N) is 1. The van der Waals surface area contributed by atoms with Crippen LogP contribution in [0, 0.1) is 5.41 Å². The molecule has 2 spiro atoms. The molecule has 1 aromatic rings. The second kappa shape index (κ2) is 5.29. The summed E-state index contributed by atoms with van der Waals surface area (Å²) in [7, 11) is 0. The van der Waals surface area contributed by atoms with E-state index in [0.717, 1.165) is 25.5 Å². The van der Waals surface area contributed by atoms with E-state index in [4.69, 9.17) is 10.5 Å². The molecular formula is C20H30N2OS. The molecule has 0 aromatic carbocycles. The van der Waals surface area contributed by atoms with Crippen LogP contribution < -0.4 is 5.73 Å². The molecule has 24 heavy (non-hydrogen) atoms. The van der Waals surface area contributed by atoms with Gasteiger partial charge in [-0.25, -0.2) is 0 Å². The van der Waals surface area contributed by atoms with Crippen LogP contribution in [-0.4, -0.2) is 36.2 Å². The zero-order valence-electron chi connectivity index (χ0n) is 15.0. The summed E-state index contributed by atoms with van der Waals surface area (Å²) < 4.78 is 6.48. The molecule has 0 unspecified atom stereocenters. The Labute approximate surface area is 149 Å². The first-order valence-electron chi connectivity index (χ1n) is 9.83. The number of rotatable bonds is 2. The molecule has 4 heteroatoms. The zero-order valence-corrected chi connectivity index (χ0v) is 15.8. The Balaban J connectivity index is 1.35. The monoisotopic (exact) mass is 346 g/mol. The van der Waals surface area contributed by atoms with Gasteiger partial charge >= 0.3 is 0 Å². The summed E-state index contributed by atoms with van der Waals surface area (Å²) in [5.74, 6) is 0. The van der Waals surface area contributed by atoms with Crippen LogP contribution in [0.3, 0.4) is 0 Å². The average Bonchev–Trinajstić information content (AvgIpc) is 3.07. The minimum Gasteiger partial charge on any atom is -0.370 e. The number of likely N-dealkylation sites (tertiary alicyclic amines) is 1. The molecule has 0 amide bonds. The lowest BCUT2D eigenvalue weighted by Gasteiger charge is -2.49. The average molecular weight is 347 g/mol. The van der Waals surface area contributed by atoms with Crippen LogP contribution in [0.2, 0.25) is 0 Å². The van der Waals surface area contributed by atoms with Crippen molar-refractivity contribution in [2.45, 2.75) is 82.5 Å². The highest BCUT2D eigenvalue weighted by molar-refractivity contribution is 7.12. The lowest BCUT2D eigenvalue weighted by Crippen LogP contribution is -2.53. The summed E-state index contributed by atoms with van der Waals surface area (Å²) in [6, 6.07) is 4.37. The van der Waals surface area contributed by atoms with Gasteiger partial charge in [0.05, 0.1) is 12.2 Å². The van der Waals surface area contributed by atoms with Gasteiger partial charge in [0.2, 0.25) is 0 Å². The van der Waals surface area contributed by atoms with Gasteiger partial charge in [0, 0.05) is 40.8 Å². The number of piperidine rings is 1. The number of nitrogens with two attached hydrogens (primary N) is 1. The van der Waals surface area contributed by atoms with Gasteiger partial charge in [0.1, 0.15) is 0 Å². The summed E-state index contributed by atoms with van der Waals surface area (Å²) in [5.41, 5.74) is 8.21. The van der Waals surface area contributed by atoms with Crippen molar-refractivity contribution in [3.8, 4) is 0 Å². The van der Waals surface area contributed by atoms with Crippen LogP contribution in [0.1, 0.15) is 61.3 Å². The number of hydrogen-bond acceptors (Lipinski definition) is 4. The van der Waals surface area contributed by atoms with Gasteiger partial charge in [-0.1, -0.05) is 6.92 Å². The Kier molecular flexibility index (Phi) is 3.48. The fraction of sp³-hybridized carbons (Fsp3) is 0.800. The first-order chi connectivity index (χ1) is 11.6. The maximum absolute atomic E-state index is 6.48. The second-order valence-corrected chi connectivity index (χ2v) is 10.0. The number of hydrogen-bond donors (Lipinski definition) is 1. The fourth-order valence-corrected chi connectivity index (χ4v) is 7.11. The van der Waals surface area contributed by atoms with E-state index >= 15 is 0 Å². The van der Waals surface area contributed by atoms with E-state index in [-0.39, 0.29) is 5.60 Å². The van der Waals surface area contributed by atoms with Crippen molar-refractivity contribution < 1.29 is 4.74 Å². The van der Waals surface area contributed by atoms with E-state index < -0.39 is 0 Å². The Morgan fingerprint density at radius 1 is 1.33 bits per heavy atom. The summed E-state index contributed by atoms with van der Waals surface area (Å²) in [6.45, 7) is 6.80. The van der Waals surface area contributed by atoms with Crippen molar-refractivity contribution in [2.24, 2.45) is 11.1 Å². The Morgan fingerprint density at radius 2 is 2.17 bits per heavy atom. The normalized spacial score (nSPS) is 44.5. The van der Waals surface area contributed by atoms with Crippen molar-refractivity contribution >= 4 is 11.3 Å². The minimum absolute atomic E-state index is 0.00545. The van der Waals surface area contributed by atoms with Crippen LogP contribution in [0.15, 0.2) is 6.07 Å². The number of aryl methyl sites for hydroxylation is 1. The maximum atomic E-state index is 6.48. The molecule has 2 saturated carbocycles. The molecule has 1 saturated heterocycles. The summed E-state index contributed by atoms with van der Waals surface area (Å²) in [4.78, 5) is 5.93. The standard InChI is InChI=1S/C20H30N2OS/c1-3-15-8-16-17(24-15)4-7-23-20(16)5-6-22(13(2)9-20)18-12-19(18)10-14(21)11-19/h8,13-14,18H,3-7,9-12,21H2,1-2H3/t13-,14?,18+,19?,20+/m0/s1. The van der Waals surface area contributed by atoms with Gasteiger partial charge < -0.3 is 10.5 Å². The smallest absolute Gasteiger partial charge is 0.0969 e. The van der Waals surface area contributed by atoms with E-state index in [1.165, 1.54) is 43.5 Å². The molecular weight excluding hydrogens is 316 g/mol. The molecule has 3 atom stereocenters. The van der Waals surface area contributed by atoms with Gasteiger partial charge in [-0.2, -0.15) is 0 Å². The summed E-state index contributed by atoms with van der Waals surface area (Å²) in [5, 5.41) is 0. The topological polar surface area (TPSA) is 38.5 Å². The van der Waals surface area contributed by atoms with E-state index in [1.807, 2.05) is 11.3 Å². The minimum atomic E-state index is 0.00545. The van der Waals surface area contributed by atoms with Crippen molar-refractivity contribution in [1.82, 2.24) is 4.90 Å². The first-order valence-corrected chi connectivity index (χ1v) is 10.6. The Hall–Kier alpha value is -0.420. The van der Waals surface area contributed by atoms with Crippen molar-refractivity contribution in [1.29, 1.82) is 0 Å². The molecule has 3 heterocycles. The summed E-state index contributed by atoms with van der Waals surface area (Å²) >= 11 is 2.03. The van der Waals surface area contributed by atoms with Gasteiger partial charge in [0.25, 0.3) is 0 Å². The lowest BCUT2D eigenvalue weighted by molar-refractivity contribution is -0.115. The van der Waals surface area contributed by atoms with Crippen LogP contribution in [0.25, 0.3) is 0 Å². The molecule has 3 nitrogen and oxygen atoms in total. The third kappa shape index (κ3) is 2.19. The van der Waals surface area contributed by atoms with Crippen LogP contribution >= 0.6 is 11.3 Å². The quantitative estimate of drug-likeness (QED) is 0.891. The van der Waals surface area contributed by atoms with Gasteiger partial charge in [-0.3, -0.25) is 4.90 Å². The SMILES string of the molecule is CCc1cc2c(s1)CCO[C@@]21CCN([C@@H]2CC23CC(N)C3)[C@@H](C)C1. The lowest BCUT2D eigenvalue weighted by atomic mass is 9.75. The highest BCUT2D eigenvalue weighted by Gasteiger charge is 2.64. The maximum Gasteiger partial charge on any atom is 0.0969 e. The number of ether oxygens (including phenoxy) is 1. The van der Waals surface area contributed by atoms with Crippen LogP contribution in [0.4, 0.5) is 0 Å². The highest BCUT2D eigenvalue weighted by Crippen LogP contribution is 2.63. The summed E-state index contributed by atoms with van der Waals surface area (Å²) in [6.07, 6.45) is 8.52. The van der Waals surface area contributed by atoms with Crippen molar-refractivity contribution in [3.05, 3.63) is 21.4 Å². The van der Waals surface area contributed by atoms with E-state index in [0.29, 0.717) is 17.5 Å². The molecule has 132 valence electrons. The molecule has 2 N–H and O–H groups in total. The fourth-order valence-electron chi connectivity index (χ4n) is 5.93. The highest BCUT2D eigenvalue weighted by atomic mass is 32.1. The molecule has 4 aliphatic rings. The Bertz CT molecular complexity index is 650. The van der Waals surface area contributed by atoms with Crippen molar-refractivity contribution in [3.63, 3.8) is 0 Å². The van der Waals surface area contributed by atoms with Gasteiger partial charge in [0.15, 0.2) is 0 Å². The predicted octanol–water partition coefficient (Wildman–Crippen LogP) is 3.44. The molecule has 3 fully saturated rings. The number of thiophene rings is 1.